The third kappa shape index (κ3) is 4.82. The minimum absolute atomic E-state index is 0.142. The summed E-state index contributed by atoms with van der Waals surface area (Å²) in [6, 6.07) is 14.4. The summed E-state index contributed by atoms with van der Waals surface area (Å²) in [4.78, 5) is 12.4. The molecule has 0 heterocycles. The van der Waals surface area contributed by atoms with Gasteiger partial charge in [-0.3, -0.25) is 9.52 Å². The lowest BCUT2D eigenvalue weighted by Gasteiger charge is -2.15. The first-order valence-corrected chi connectivity index (χ1v) is 9.09. The van der Waals surface area contributed by atoms with E-state index in [2.05, 4.69) is 10.0 Å². The number of anilines is 1. The number of benzene rings is 2. The third-order valence-electron chi connectivity index (χ3n) is 3.44. The quantitative estimate of drug-likeness (QED) is 0.884. The van der Waals surface area contributed by atoms with E-state index < -0.39 is 10.0 Å². The average molecular weight is 332 g/mol. The van der Waals surface area contributed by atoms with E-state index in [0.717, 1.165) is 17.4 Å². The summed E-state index contributed by atoms with van der Waals surface area (Å²) in [5.74, 6) is -0.252. The summed E-state index contributed by atoms with van der Waals surface area (Å²) < 4.78 is 25.2. The predicted octanol–water partition coefficient (Wildman–Crippen LogP) is 2.86. The normalized spacial score (nSPS) is 12.5. The molecular formula is C17H20N2O3S. The molecule has 1 atom stereocenters. The largest absolute Gasteiger partial charge is 0.346 e. The van der Waals surface area contributed by atoms with Crippen LogP contribution in [0.4, 0.5) is 5.69 Å². The molecular weight excluding hydrogens is 312 g/mol. The van der Waals surface area contributed by atoms with Gasteiger partial charge in [-0.1, -0.05) is 36.4 Å². The molecule has 0 aromatic heterocycles. The highest BCUT2D eigenvalue weighted by molar-refractivity contribution is 7.92. The fourth-order valence-corrected chi connectivity index (χ4v) is 2.80. The second-order valence-corrected chi connectivity index (χ2v) is 7.26. The molecule has 0 aliphatic rings. The Labute approximate surface area is 136 Å². The Hall–Kier alpha value is -2.34. The van der Waals surface area contributed by atoms with Crippen LogP contribution in [0.25, 0.3) is 0 Å². The zero-order valence-electron chi connectivity index (χ0n) is 13.3. The number of amides is 1. The number of nitrogens with one attached hydrogen (secondary N) is 2. The fourth-order valence-electron chi connectivity index (χ4n) is 2.18. The van der Waals surface area contributed by atoms with Crippen LogP contribution in [0.15, 0.2) is 48.5 Å². The van der Waals surface area contributed by atoms with Crippen LogP contribution >= 0.6 is 0 Å². The van der Waals surface area contributed by atoms with Crippen molar-refractivity contribution in [1.82, 2.24) is 5.32 Å². The molecule has 1 amide bonds. The van der Waals surface area contributed by atoms with Gasteiger partial charge in [-0.2, -0.15) is 0 Å². The molecule has 0 bridgehead atoms. The van der Waals surface area contributed by atoms with Crippen molar-refractivity contribution in [2.75, 3.05) is 11.0 Å². The Balaban J connectivity index is 2.18. The Bertz CT molecular complexity index is 802. The van der Waals surface area contributed by atoms with Gasteiger partial charge in [0.2, 0.25) is 10.0 Å². The van der Waals surface area contributed by atoms with E-state index in [9.17, 15) is 13.2 Å². The van der Waals surface area contributed by atoms with Crippen molar-refractivity contribution < 1.29 is 13.2 Å². The van der Waals surface area contributed by atoms with Crippen LogP contribution < -0.4 is 10.0 Å². The Morgan fingerprint density at radius 3 is 2.35 bits per heavy atom. The Kier molecular flexibility index (Phi) is 5.05. The van der Waals surface area contributed by atoms with Crippen molar-refractivity contribution in [3.05, 3.63) is 65.2 Å². The Morgan fingerprint density at radius 1 is 1.09 bits per heavy atom. The van der Waals surface area contributed by atoms with Crippen molar-refractivity contribution in [2.24, 2.45) is 0 Å². The van der Waals surface area contributed by atoms with Gasteiger partial charge in [-0.15, -0.1) is 0 Å². The summed E-state index contributed by atoms with van der Waals surface area (Å²) in [6.07, 6.45) is 1.08. The molecule has 122 valence electrons. The van der Waals surface area contributed by atoms with E-state index in [1.54, 1.807) is 25.1 Å². The van der Waals surface area contributed by atoms with Crippen LogP contribution in [-0.4, -0.2) is 20.6 Å². The van der Waals surface area contributed by atoms with Gasteiger partial charge in [-0.05, 0) is 37.1 Å². The van der Waals surface area contributed by atoms with Gasteiger partial charge in [0, 0.05) is 5.56 Å². The molecule has 0 fully saturated rings. The van der Waals surface area contributed by atoms with Gasteiger partial charge in [-0.25, -0.2) is 8.42 Å². The van der Waals surface area contributed by atoms with Gasteiger partial charge in [0.05, 0.1) is 18.0 Å². The molecule has 6 heteroatoms. The first kappa shape index (κ1) is 17.0. The number of hydrogen-bond acceptors (Lipinski definition) is 3. The summed E-state index contributed by atoms with van der Waals surface area (Å²) in [5, 5.41) is 2.91. The topological polar surface area (TPSA) is 75.3 Å². The molecule has 2 N–H and O–H groups in total. The van der Waals surface area contributed by atoms with Crippen LogP contribution in [0.5, 0.6) is 0 Å². The molecule has 0 radical (unpaired) electrons. The standard InChI is InChI=1S/C17H20N2O3S/c1-12-9-10-15(11-16(12)19-23(3,21)22)17(20)18-13(2)14-7-5-4-6-8-14/h4-11,13,19H,1-3H3,(H,18,20)/t13-/m1/s1. The molecule has 2 rings (SSSR count). The molecule has 0 aliphatic heterocycles. The van der Waals surface area contributed by atoms with E-state index in [1.807, 2.05) is 37.3 Å². The van der Waals surface area contributed by atoms with Gasteiger partial charge in [0.25, 0.3) is 5.91 Å². The molecule has 0 saturated heterocycles. The maximum absolute atomic E-state index is 12.4. The van der Waals surface area contributed by atoms with Crippen LogP contribution in [0.3, 0.4) is 0 Å². The number of rotatable bonds is 5. The molecule has 0 aliphatic carbocycles. The van der Waals surface area contributed by atoms with Crippen molar-refractivity contribution in [3.8, 4) is 0 Å². The third-order valence-corrected chi connectivity index (χ3v) is 4.03. The zero-order chi connectivity index (χ0) is 17.0. The van der Waals surface area contributed by atoms with Gasteiger partial charge < -0.3 is 5.32 Å². The highest BCUT2D eigenvalue weighted by Gasteiger charge is 2.13. The first-order valence-electron chi connectivity index (χ1n) is 7.20. The van der Waals surface area contributed by atoms with Gasteiger partial charge >= 0.3 is 0 Å². The lowest BCUT2D eigenvalue weighted by molar-refractivity contribution is 0.0940. The molecule has 2 aromatic carbocycles. The summed E-state index contributed by atoms with van der Waals surface area (Å²) >= 11 is 0. The Morgan fingerprint density at radius 2 is 1.74 bits per heavy atom. The van der Waals surface area contributed by atoms with Crippen molar-refractivity contribution in [2.45, 2.75) is 19.9 Å². The van der Waals surface area contributed by atoms with Crippen molar-refractivity contribution in [1.29, 1.82) is 0 Å². The molecule has 5 nitrogen and oxygen atoms in total. The van der Waals surface area contributed by atoms with E-state index in [0.29, 0.717) is 11.3 Å². The number of sulfonamides is 1. The number of carbonyl (C=O) groups excluding carboxylic acids is 1. The zero-order valence-corrected chi connectivity index (χ0v) is 14.1. The monoisotopic (exact) mass is 332 g/mol. The highest BCUT2D eigenvalue weighted by atomic mass is 32.2. The summed E-state index contributed by atoms with van der Waals surface area (Å²) in [5.41, 5.74) is 2.57. The fraction of sp³-hybridized carbons (Fsp3) is 0.235. The molecule has 0 saturated carbocycles. The number of carbonyl (C=O) groups is 1. The maximum atomic E-state index is 12.4. The minimum Gasteiger partial charge on any atom is -0.346 e. The minimum atomic E-state index is -3.39. The second kappa shape index (κ2) is 6.83. The molecule has 23 heavy (non-hydrogen) atoms. The maximum Gasteiger partial charge on any atom is 0.251 e. The summed E-state index contributed by atoms with van der Waals surface area (Å²) in [6.45, 7) is 3.68. The van der Waals surface area contributed by atoms with Crippen LogP contribution in [0.1, 0.15) is 34.5 Å². The number of aryl methyl sites for hydroxylation is 1. The van der Waals surface area contributed by atoms with Crippen LogP contribution in [-0.2, 0) is 10.0 Å². The van der Waals surface area contributed by atoms with E-state index in [1.165, 1.54) is 0 Å². The van der Waals surface area contributed by atoms with Crippen LogP contribution in [0, 0.1) is 6.92 Å². The lowest BCUT2D eigenvalue weighted by Crippen LogP contribution is -2.26. The van der Waals surface area contributed by atoms with Crippen molar-refractivity contribution in [3.63, 3.8) is 0 Å². The van der Waals surface area contributed by atoms with E-state index in [-0.39, 0.29) is 11.9 Å². The SMILES string of the molecule is Cc1ccc(C(=O)N[C@H](C)c2ccccc2)cc1NS(C)(=O)=O. The highest BCUT2D eigenvalue weighted by Crippen LogP contribution is 2.19. The van der Waals surface area contributed by atoms with E-state index in [4.69, 9.17) is 0 Å². The molecule has 0 unspecified atom stereocenters. The summed E-state index contributed by atoms with van der Waals surface area (Å²) in [7, 11) is -3.39. The predicted molar refractivity (Wildman–Crippen MR) is 92.0 cm³/mol. The average Bonchev–Trinajstić information content (AvgIpc) is 2.49. The van der Waals surface area contributed by atoms with Gasteiger partial charge in [0.15, 0.2) is 0 Å². The second-order valence-electron chi connectivity index (χ2n) is 5.51. The van der Waals surface area contributed by atoms with Gasteiger partial charge in [0.1, 0.15) is 0 Å². The molecule has 0 spiro atoms. The number of hydrogen-bond donors (Lipinski definition) is 2. The van der Waals surface area contributed by atoms with Crippen LogP contribution in [0.2, 0.25) is 0 Å². The van der Waals surface area contributed by atoms with E-state index >= 15 is 0 Å². The van der Waals surface area contributed by atoms with Crippen molar-refractivity contribution >= 4 is 21.6 Å². The smallest absolute Gasteiger partial charge is 0.251 e. The first-order chi connectivity index (χ1) is 10.8. The lowest BCUT2D eigenvalue weighted by atomic mass is 10.1. The molecule has 2 aromatic rings.